The number of carbonyl (C=O) groups excluding carboxylic acids is 1. The summed E-state index contributed by atoms with van der Waals surface area (Å²) in [6, 6.07) is 15.0. The van der Waals surface area contributed by atoms with Crippen LogP contribution in [0.3, 0.4) is 0 Å². The van der Waals surface area contributed by atoms with Crippen LogP contribution in [0.15, 0.2) is 54.9 Å². The number of terminal acetylenes is 1. The van der Waals surface area contributed by atoms with E-state index >= 15 is 0 Å². The molecule has 0 aliphatic carbocycles. The minimum atomic E-state index is -0.499. The van der Waals surface area contributed by atoms with Crippen LogP contribution < -0.4 is 0 Å². The largest absolute Gasteiger partial charge is 0.444 e. The highest BCUT2D eigenvalue weighted by Gasteiger charge is 2.21. The van der Waals surface area contributed by atoms with Gasteiger partial charge in [0.15, 0.2) is 11.6 Å². The van der Waals surface area contributed by atoms with Crippen molar-refractivity contribution in [1.29, 1.82) is 0 Å². The number of imidazole rings is 2. The number of carbonyl (C=O) groups is 1. The number of unbranched alkanes of at least 4 members (excludes halogenated alkanes) is 2. The zero-order valence-electron chi connectivity index (χ0n) is 27.0. The Morgan fingerprint density at radius 3 is 2.28 bits per heavy atom. The van der Waals surface area contributed by atoms with Crippen LogP contribution in [0, 0.1) is 17.8 Å². The van der Waals surface area contributed by atoms with Gasteiger partial charge in [0.2, 0.25) is 0 Å². The molecule has 0 N–H and O–H groups in total. The summed E-state index contributed by atoms with van der Waals surface area (Å²) < 4.78 is 9.91. The summed E-state index contributed by atoms with van der Waals surface area (Å²) in [4.78, 5) is 23.5. The van der Waals surface area contributed by atoms with Crippen LogP contribution in [0.1, 0.15) is 79.5 Å². The molecule has 2 aromatic carbocycles. The van der Waals surface area contributed by atoms with Gasteiger partial charge < -0.3 is 18.8 Å². The van der Waals surface area contributed by atoms with Crippen molar-refractivity contribution >= 4 is 16.9 Å². The number of benzene rings is 2. The molecule has 1 amide bonds. The third kappa shape index (κ3) is 8.50. The quantitative estimate of drug-likeness (QED) is 0.132. The van der Waals surface area contributed by atoms with Gasteiger partial charge in [-0.25, -0.2) is 14.8 Å². The van der Waals surface area contributed by atoms with E-state index in [1.165, 1.54) is 10.8 Å². The van der Waals surface area contributed by atoms with E-state index in [2.05, 4.69) is 83.3 Å². The monoisotopic (exact) mass is 581 g/mol. The molecule has 0 radical (unpaired) electrons. The maximum Gasteiger partial charge on any atom is 0.410 e. The smallest absolute Gasteiger partial charge is 0.410 e. The van der Waals surface area contributed by atoms with Gasteiger partial charge in [0.25, 0.3) is 0 Å². The van der Waals surface area contributed by atoms with Crippen LogP contribution in [0.5, 0.6) is 0 Å². The number of aromatic nitrogens is 4. The minimum Gasteiger partial charge on any atom is -0.444 e. The summed E-state index contributed by atoms with van der Waals surface area (Å²) in [5.41, 5.74) is 2.92. The fourth-order valence-electron chi connectivity index (χ4n) is 5.28. The van der Waals surface area contributed by atoms with E-state index in [0.717, 1.165) is 68.0 Å². The molecule has 228 valence electrons. The molecule has 0 aliphatic heterocycles. The molecule has 0 bridgehead atoms. The molecule has 0 saturated heterocycles. The van der Waals surface area contributed by atoms with Crippen LogP contribution in [0.25, 0.3) is 33.5 Å². The number of fused-ring (bicyclic) bond motifs is 1. The molecule has 7 heteroatoms. The zero-order chi connectivity index (χ0) is 31.2. The lowest BCUT2D eigenvalue weighted by molar-refractivity contribution is 0.0296. The van der Waals surface area contributed by atoms with Gasteiger partial charge >= 0.3 is 6.09 Å². The number of nitrogens with zero attached hydrogens (tertiary/aromatic N) is 5. The minimum absolute atomic E-state index is 0.250. The molecule has 0 fully saturated rings. The molecular weight excluding hydrogens is 534 g/mol. The molecule has 0 aliphatic rings. The molecular formula is C36H47N5O2. The maximum absolute atomic E-state index is 12.3. The fraction of sp³-hybridized carbons (Fsp3) is 0.472. The van der Waals surface area contributed by atoms with Crippen molar-refractivity contribution in [1.82, 2.24) is 24.0 Å². The molecule has 0 saturated carbocycles. The van der Waals surface area contributed by atoms with Crippen LogP contribution >= 0.6 is 0 Å². The van der Waals surface area contributed by atoms with E-state index in [9.17, 15) is 4.79 Å². The number of amides is 1. The van der Waals surface area contributed by atoms with E-state index in [0.29, 0.717) is 12.4 Å². The Hall–Kier alpha value is -4.05. The molecule has 0 unspecified atom stereocenters. The van der Waals surface area contributed by atoms with Crippen molar-refractivity contribution in [3.05, 3.63) is 60.7 Å². The van der Waals surface area contributed by atoms with E-state index < -0.39 is 5.60 Å². The van der Waals surface area contributed by atoms with E-state index in [1.807, 2.05) is 33.2 Å². The molecule has 2 aromatic heterocycles. The van der Waals surface area contributed by atoms with Gasteiger partial charge in [0, 0.05) is 32.2 Å². The highest BCUT2D eigenvalue weighted by Crippen LogP contribution is 2.31. The summed E-state index contributed by atoms with van der Waals surface area (Å²) in [5, 5.41) is 2.43. The Labute approximate surface area is 257 Å². The van der Waals surface area contributed by atoms with Gasteiger partial charge in [-0.3, -0.25) is 0 Å². The third-order valence-electron chi connectivity index (χ3n) is 7.50. The van der Waals surface area contributed by atoms with Crippen LogP contribution in [-0.2, 0) is 17.8 Å². The standard InChI is InChI=1S/C36H47N5O2/c1-9-32-37-26-31(40(32)22-14-10-13-21-39(8)34(42)43-36(5,6)7)33-38-25-30(41(33)23-15-20-35(2,3)4)29-19-18-27-16-11-12-17-28(27)24-29/h1,11-12,16-19,24-26H,10,13-15,20-23H2,2-8H3. The molecule has 7 nitrogen and oxygen atoms in total. The van der Waals surface area contributed by atoms with Gasteiger partial charge in [0.1, 0.15) is 11.3 Å². The predicted molar refractivity (Wildman–Crippen MR) is 176 cm³/mol. The topological polar surface area (TPSA) is 65.2 Å². The summed E-state index contributed by atoms with van der Waals surface area (Å²) in [7, 11) is 1.78. The van der Waals surface area contributed by atoms with Gasteiger partial charge in [-0.2, -0.15) is 0 Å². The van der Waals surface area contributed by atoms with Crippen molar-refractivity contribution < 1.29 is 9.53 Å². The Kier molecular flexibility index (Phi) is 10.0. The molecule has 43 heavy (non-hydrogen) atoms. The van der Waals surface area contributed by atoms with Crippen molar-refractivity contribution in [2.75, 3.05) is 13.6 Å². The summed E-state index contributed by atoms with van der Waals surface area (Å²) >= 11 is 0. The lowest BCUT2D eigenvalue weighted by Crippen LogP contribution is -2.34. The molecule has 0 spiro atoms. The maximum atomic E-state index is 12.3. The Balaban J connectivity index is 1.55. The number of hydrogen-bond donors (Lipinski definition) is 0. The van der Waals surface area contributed by atoms with Crippen molar-refractivity contribution in [3.63, 3.8) is 0 Å². The lowest BCUT2D eigenvalue weighted by atomic mass is 9.90. The predicted octanol–water partition coefficient (Wildman–Crippen LogP) is 8.41. The first-order valence-corrected chi connectivity index (χ1v) is 15.4. The van der Waals surface area contributed by atoms with Crippen LogP contribution in [0.2, 0.25) is 0 Å². The molecule has 2 heterocycles. The average molecular weight is 582 g/mol. The van der Waals surface area contributed by atoms with E-state index in [-0.39, 0.29) is 11.5 Å². The Morgan fingerprint density at radius 2 is 1.58 bits per heavy atom. The lowest BCUT2D eigenvalue weighted by Gasteiger charge is -2.24. The Bertz CT molecular complexity index is 1580. The summed E-state index contributed by atoms with van der Waals surface area (Å²) in [6.45, 7) is 14.7. The van der Waals surface area contributed by atoms with E-state index in [4.69, 9.17) is 16.1 Å². The van der Waals surface area contributed by atoms with Gasteiger partial charge in [0.05, 0.1) is 18.1 Å². The zero-order valence-corrected chi connectivity index (χ0v) is 27.0. The van der Waals surface area contributed by atoms with Crippen molar-refractivity contribution in [2.24, 2.45) is 5.41 Å². The summed E-state index contributed by atoms with van der Waals surface area (Å²) in [5.74, 6) is 4.26. The average Bonchev–Trinajstić information content (AvgIpc) is 3.54. The SMILES string of the molecule is C#Cc1ncc(-c2ncc(-c3ccc4ccccc4c3)n2CCCC(C)(C)C)n1CCCCCN(C)C(=O)OC(C)(C)C. The Morgan fingerprint density at radius 1 is 0.884 bits per heavy atom. The molecule has 0 atom stereocenters. The second-order valence-corrected chi connectivity index (χ2v) is 13.6. The van der Waals surface area contributed by atoms with Gasteiger partial charge in [-0.1, -0.05) is 57.2 Å². The van der Waals surface area contributed by atoms with Gasteiger partial charge in [-0.05, 0) is 81.0 Å². The highest BCUT2D eigenvalue weighted by atomic mass is 16.6. The molecule has 4 rings (SSSR count). The van der Waals surface area contributed by atoms with Crippen molar-refractivity contribution in [2.45, 2.75) is 92.3 Å². The first-order chi connectivity index (χ1) is 20.4. The second-order valence-electron chi connectivity index (χ2n) is 13.6. The van der Waals surface area contributed by atoms with Crippen LogP contribution in [0.4, 0.5) is 4.79 Å². The number of hydrogen-bond acceptors (Lipinski definition) is 4. The summed E-state index contributed by atoms with van der Waals surface area (Å²) in [6.07, 6.45) is 14.3. The van der Waals surface area contributed by atoms with Gasteiger partial charge in [-0.15, -0.1) is 6.42 Å². The number of ether oxygens (including phenoxy) is 1. The van der Waals surface area contributed by atoms with E-state index in [1.54, 1.807) is 11.9 Å². The fourth-order valence-corrected chi connectivity index (χ4v) is 5.28. The van der Waals surface area contributed by atoms with Crippen LogP contribution in [-0.4, -0.2) is 49.3 Å². The highest BCUT2D eigenvalue weighted by molar-refractivity contribution is 5.87. The third-order valence-corrected chi connectivity index (χ3v) is 7.50. The first kappa shape index (κ1) is 31.9. The number of rotatable bonds is 11. The van der Waals surface area contributed by atoms with Crippen molar-refractivity contribution in [3.8, 4) is 35.1 Å². The normalized spacial score (nSPS) is 12.0. The molecule has 4 aromatic rings. The second kappa shape index (κ2) is 13.5. The first-order valence-electron chi connectivity index (χ1n) is 15.4.